The normalized spacial score (nSPS) is 13.7. The molecule has 1 aliphatic heterocycles. The fourth-order valence-electron chi connectivity index (χ4n) is 6.11. The van der Waals surface area contributed by atoms with E-state index in [1.165, 1.54) is 0 Å². The van der Waals surface area contributed by atoms with Crippen molar-refractivity contribution < 1.29 is 44.0 Å². The van der Waals surface area contributed by atoms with Gasteiger partial charge in [-0.05, 0) is 102 Å². The molecule has 12 nitrogen and oxygen atoms in total. The molecule has 0 aliphatic carbocycles. The van der Waals surface area contributed by atoms with Crippen molar-refractivity contribution in [3.63, 3.8) is 0 Å². The van der Waals surface area contributed by atoms with Crippen LogP contribution in [-0.2, 0) is 26.4 Å². The van der Waals surface area contributed by atoms with Crippen molar-refractivity contribution in [2.75, 3.05) is 25.6 Å². The first-order chi connectivity index (χ1) is 25.3. The Labute approximate surface area is 305 Å². The molecule has 4 aromatic carbocycles. The van der Waals surface area contributed by atoms with Gasteiger partial charge >= 0.3 is 0 Å². The van der Waals surface area contributed by atoms with Gasteiger partial charge in [0.25, 0.3) is 5.91 Å². The van der Waals surface area contributed by atoms with E-state index in [4.69, 9.17) is 30.3 Å². The van der Waals surface area contributed by atoms with Crippen LogP contribution in [0.3, 0.4) is 0 Å². The molecule has 0 saturated carbocycles. The first kappa shape index (κ1) is 36.7. The molecule has 272 valence electrons. The lowest BCUT2D eigenvalue weighted by atomic mass is 9.97. The number of nitrogens with zero attached hydrogens (tertiary/aromatic N) is 1. The first-order valence-corrected chi connectivity index (χ1v) is 17.2. The first-order valence-electron chi connectivity index (χ1n) is 16.8. The van der Waals surface area contributed by atoms with Crippen LogP contribution in [0.1, 0.15) is 63.6 Å². The van der Waals surface area contributed by atoms with Gasteiger partial charge in [0.1, 0.15) is 17.6 Å². The zero-order valence-corrected chi connectivity index (χ0v) is 29.3. The number of amides is 1. The van der Waals surface area contributed by atoms with Crippen molar-refractivity contribution in [1.82, 2.24) is 10.5 Å². The van der Waals surface area contributed by atoms with Gasteiger partial charge in [0.05, 0.1) is 52.3 Å². The van der Waals surface area contributed by atoms with E-state index in [0.717, 1.165) is 30.4 Å². The summed E-state index contributed by atoms with van der Waals surface area (Å²) in [7, 11) is 1.57. The van der Waals surface area contributed by atoms with Gasteiger partial charge in [-0.1, -0.05) is 22.8 Å². The maximum absolute atomic E-state index is 12.7. The lowest BCUT2D eigenvalue weighted by Gasteiger charge is -2.28. The zero-order valence-electron chi connectivity index (χ0n) is 28.5. The fraction of sp³-hybridized carbons (Fsp3) is 0.282. The van der Waals surface area contributed by atoms with Gasteiger partial charge in [0.2, 0.25) is 0 Å². The maximum atomic E-state index is 12.7. The second kappa shape index (κ2) is 16.9. The van der Waals surface area contributed by atoms with E-state index in [0.29, 0.717) is 86.0 Å². The minimum atomic E-state index is -0.467. The summed E-state index contributed by atoms with van der Waals surface area (Å²) in [5, 5.41) is 50.2. The van der Waals surface area contributed by atoms with Crippen molar-refractivity contribution in [1.29, 1.82) is 0 Å². The van der Waals surface area contributed by atoms with Crippen LogP contribution < -0.4 is 24.8 Å². The number of rotatable bonds is 16. The lowest BCUT2D eigenvalue weighted by molar-refractivity contribution is 0.0935. The number of aromatic nitrogens is 1. The highest BCUT2D eigenvalue weighted by atomic mass is 35.5. The van der Waals surface area contributed by atoms with E-state index in [1.807, 2.05) is 24.3 Å². The fourth-order valence-corrected chi connectivity index (χ4v) is 6.28. The molecule has 13 heteroatoms. The summed E-state index contributed by atoms with van der Waals surface area (Å²) in [6, 6.07) is 21.3. The molecule has 0 bridgehead atoms. The molecule has 1 unspecified atom stereocenters. The summed E-state index contributed by atoms with van der Waals surface area (Å²) in [4.78, 5) is 12.7. The minimum Gasteiger partial charge on any atom is -0.493 e. The Bertz CT molecular complexity index is 2010. The predicted molar refractivity (Wildman–Crippen MR) is 194 cm³/mol. The molecule has 1 amide bonds. The average Bonchev–Trinajstić information content (AvgIpc) is 3.67. The Morgan fingerprint density at radius 2 is 1.44 bits per heavy atom. The summed E-state index contributed by atoms with van der Waals surface area (Å²) in [6.07, 6.45) is 1.90. The molecule has 5 aromatic rings. The maximum Gasteiger partial charge on any atom is 0.255 e. The SMILES string of the molecule is COc1ccc(-c2cc(-c3cc(CO)c(CO)c(CO)c3)on2)cc1OCCCCCOc1ccc(C2NC(=O)c3cc(Cl)ccc3N2)cc1CO. The molecule has 1 atom stereocenters. The topological polar surface area (TPSA) is 176 Å². The number of carbonyl (C=O) groups excluding carboxylic acids is 1. The van der Waals surface area contributed by atoms with Crippen LogP contribution in [0.2, 0.25) is 5.02 Å². The van der Waals surface area contributed by atoms with Crippen LogP contribution in [0.15, 0.2) is 77.3 Å². The van der Waals surface area contributed by atoms with E-state index < -0.39 is 6.17 Å². The average molecular weight is 730 g/mol. The van der Waals surface area contributed by atoms with E-state index >= 15 is 0 Å². The number of halogens is 1. The number of fused-ring (bicyclic) bond motifs is 1. The Morgan fingerprint density at radius 3 is 2.13 bits per heavy atom. The molecule has 0 spiro atoms. The number of hydrogen-bond acceptors (Lipinski definition) is 11. The number of ether oxygens (including phenoxy) is 3. The molecule has 2 heterocycles. The number of aliphatic hydroxyl groups is 4. The second-order valence-electron chi connectivity index (χ2n) is 12.2. The van der Waals surface area contributed by atoms with E-state index in [2.05, 4.69) is 15.8 Å². The van der Waals surface area contributed by atoms with Crippen LogP contribution >= 0.6 is 11.6 Å². The third-order valence-corrected chi connectivity index (χ3v) is 9.12. The van der Waals surface area contributed by atoms with Gasteiger partial charge in [0, 0.05) is 33.5 Å². The molecule has 6 rings (SSSR count). The Hall–Kier alpha value is -5.11. The van der Waals surface area contributed by atoms with E-state index in [-0.39, 0.29) is 32.3 Å². The number of carbonyl (C=O) groups is 1. The number of methoxy groups -OCH3 is 1. The van der Waals surface area contributed by atoms with Gasteiger partial charge in [-0.25, -0.2) is 0 Å². The highest BCUT2D eigenvalue weighted by Gasteiger charge is 2.25. The number of anilines is 1. The molecule has 1 aliphatic rings. The summed E-state index contributed by atoms with van der Waals surface area (Å²) in [5.41, 5.74) is 5.99. The molecule has 1 aromatic heterocycles. The van der Waals surface area contributed by atoms with Gasteiger partial charge in [-0.2, -0.15) is 0 Å². The molecule has 0 fully saturated rings. The van der Waals surface area contributed by atoms with Crippen molar-refractivity contribution in [3.8, 4) is 39.8 Å². The molecule has 6 N–H and O–H groups in total. The molecular formula is C39H40ClN3O9. The van der Waals surface area contributed by atoms with Gasteiger partial charge < -0.3 is 49.8 Å². The summed E-state index contributed by atoms with van der Waals surface area (Å²) in [5.74, 6) is 1.93. The number of aliphatic hydroxyl groups excluding tert-OH is 4. The molecular weight excluding hydrogens is 690 g/mol. The highest BCUT2D eigenvalue weighted by Crippen LogP contribution is 2.35. The number of hydrogen-bond donors (Lipinski definition) is 6. The van der Waals surface area contributed by atoms with E-state index in [1.54, 1.807) is 55.6 Å². The van der Waals surface area contributed by atoms with Gasteiger partial charge in [-0.15, -0.1) is 0 Å². The van der Waals surface area contributed by atoms with Gasteiger partial charge in [-0.3, -0.25) is 4.79 Å². The van der Waals surface area contributed by atoms with Crippen molar-refractivity contribution >= 4 is 23.2 Å². The third kappa shape index (κ3) is 8.17. The summed E-state index contributed by atoms with van der Waals surface area (Å²) in [6.45, 7) is -0.205. The van der Waals surface area contributed by atoms with Crippen LogP contribution in [0.4, 0.5) is 5.69 Å². The van der Waals surface area contributed by atoms with Gasteiger partial charge in [0.15, 0.2) is 17.3 Å². The zero-order chi connectivity index (χ0) is 36.6. The number of unbranched alkanes of at least 4 members (excludes halogenated alkanes) is 2. The van der Waals surface area contributed by atoms with Crippen molar-refractivity contribution in [3.05, 3.63) is 111 Å². The van der Waals surface area contributed by atoms with Crippen LogP contribution in [0, 0.1) is 0 Å². The highest BCUT2D eigenvalue weighted by molar-refractivity contribution is 6.31. The standard InChI is InChI=1S/C39H40ClN3O9/c1-49-35-10-5-23(33-18-36(52-43-33)25-14-26(19-44)31(22-47)27(15-25)20-45)16-37(35)51-12-4-2-3-11-50-34-9-6-24(13-28(34)21-46)38-41-32-8-7-29(40)17-30(32)39(48)42-38/h5-10,13-18,38,41,44-47H,2-4,11-12,19-22H2,1H3,(H,42,48). The largest absolute Gasteiger partial charge is 0.493 e. The molecule has 52 heavy (non-hydrogen) atoms. The lowest BCUT2D eigenvalue weighted by Crippen LogP contribution is -2.38. The van der Waals surface area contributed by atoms with Crippen LogP contribution in [-0.4, -0.2) is 51.8 Å². The minimum absolute atomic E-state index is 0.215. The van der Waals surface area contributed by atoms with Crippen molar-refractivity contribution in [2.45, 2.75) is 51.9 Å². The molecule has 0 saturated heterocycles. The monoisotopic (exact) mass is 729 g/mol. The Morgan fingerprint density at radius 1 is 0.731 bits per heavy atom. The van der Waals surface area contributed by atoms with E-state index in [9.17, 15) is 25.2 Å². The third-order valence-electron chi connectivity index (χ3n) is 8.88. The van der Waals surface area contributed by atoms with Crippen LogP contribution in [0.5, 0.6) is 17.2 Å². The Balaban J connectivity index is 1.01. The van der Waals surface area contributed by atoms with Crippen molar-refractivity contribution in [2.24, 2.45) is 0 Å². The Kier molecular flexibility index (Phi) is 11.9. The number of nitrogens with one attached hydrogen (secondary N) is 2. The summed E-state index contributed by atoms with van der Waals surface area (Å²) < 4.78 is 23.2. The smallest absolute Gasteiger partial charge is 0.255 e. The summed E-state index contributed by atoms with van der Waals surface area (Å²) >= 11 is 6.05. The second-order valence-corrected chi connectivity index (χ2v) is 12.6. The molecule has 0 radical (unpaired) electrons. The predicted octanol–water partition coefficient (Wildman–Crippen LogP) is 6.12. The van der Waals surface area contributed by atoms with Crippen LogP contribution in [0.25, 0.3) is 22.6 Å². The number of benzene rings is 4. The quantitative estimate of drug-likeness (QED) is 0.0645.